The van der Waals surface area contributed by atoms with Gasteiger partial charge >= 0.3 is 5.97 Å². The van der Waals surface area contributed by atoms with Crippen LogP contribution in [0.2, 0.25) is 0 Å². The molecule has 2 aromatic rings. The molecule has 0 radical (unpaired) electrons. The molecule has 3 heteroatoms. The number of rotatable bonds is 2. The molecule has 14 heavy (non-hydrogen) atoms. The van der Waals surface area contributed by atoms with Gasteiger partial charge in [0.1, 0.15) is 0 Å². The fourth-order valence-electron chi connectivity index (χ4n) is 1.53. The Balaban J connectivity index is 2.61. The highest BCUT2D eigenvalue weighted by Crippen LogP contribution is 2.29. The average Bonchev–Trinajstić information content (AvgIpc) is 2.63. The Labute approximate surface area is 85.8 Å². The number of carbonyl (C=O) groups is 1. The Hall–Kier alpha value is -1.35. The highest BCUT2D eigenvalue weighted by Gasteiger charge is 2.16. The van der Waals surface area contributed by atoms with Crippen LogP contribution in [0.1, 0.15) is 18.4 Å². The predicted molar refractivity (Wildman–Crippen MR) is 57.9 cm³/mol. The zero-order valence-electron chi connectivity index (χ0n) is 7.73. The van der Waals surface area contributed by atoms with Gasteiger partial charge in [0.25, 0.3) is 0 Å². The van der Waals surface area contributed by atoms with E-state index >= 15 is 0 Å². The van der Waals surface area contributed by atoms with Crippen LogP contribution in [0, 0.1) is 0 Å². The Kier molecular flexibility index (Phi) is 2.25. The summed E-state index contributed by atoms with van der Waals surface area (Å²) in [6.07, 6.45) is 0. The lowest BCUT2D eigenvalue weighted by atomic mass is 9.98. The van der Waals surface area contributed by atoms with Gasteiger partial charge in [-0.05, 0) is 35.4 Å². The van der Waals surface area contributed by atoms with Crippen molar-refractivity contribution in [2.45, 2.75) is 12.8 Å². The lowest BCUT2D eigenvalue weighted by Crippen LogP contribution is -2.07. The molecule has 0 bridgehead atoms. The van der Waals surface area contributed by atoms with E-state index in [1.165, 1.54) is 0 Å². The smallest absolute Gasteiger partial charge is 0.310 e. The van der Waals surface area contributed by atoms with Gasteiger partial charge in [-0.1, -0.05) is 12.1 Å². The van der Waals surface area contributed by atoms with Crippen molar-refractivity contribution in [3.63, 3.8) is 0 Å². The number of thiophene rings is 1. The average molecular weight is 206 g/mol. The molecule has 1 aromatic heterocycles. The molecule has 0 aliphatic heterocycles. The number of carboxylic acids is 1. The van der Waals surface area contributed by atoms with Crippen LogP contribution in [-0.2, 0) is 4.79 Å². The highest BCUT2D eigenvalue weighted by atomic mass is 32.1. The first kappa shape index (κ1) is 9.21. The van der Waals surface area contributed by atoms with E-state index in [9.17, 15) is 4.79 Å². The molecule has 0 aliphatic carbocycles. The number of fused-ring (bicyclic) bond motifs is 1. The molecule has 0 amide bonds. The van der Waals surface area contributed by atoms with Gasteiger partial charge in [-0.25, -0.2) is 0 Å². The molecular weight excluding hydrogens is 196 g/mol. The molecule has 0 fully saturated rings. The van der Waals surface area contributed by atoms with Crippen molar-refractivity contribution in [2.24, 2.45) is 0 Å². The van der Waals surface area contributed by atoms with Gasteiger partial charge in [0.15, 0.2) is 0 Å². The second-order valence-corrected chi connectivity index (χ2v) is 4.19. The third-order valence-electron chi connectivity index (χ3n) is 2.37. The fraction of sp³-hybridized carbons (Fsp3) is 0.182. The van der Waals surface area contributed by atoms with E-state index in [-0.39, 0.29) is 0 Å². The molecule has 2 rings (SSSR count). The number of hydrogen-bond donors (Lipinski definition) is 1. The van der Waals surface area contributed by atoms with Gasteiger partial charge in [-0.15, -0.1) is 11.3 Å². The second-order valence-electron chi connectivity index (χ2n) is 3.24. The SMILES string of the molecule is C[C@@H](C(=O)O)c1cccc2sccc12. The van der Waals surface area contributed by atoms with Gasteiger partial charge in [-0.3, -0.25) is 4.79 Å². The molecule has 1 heterocycles. The predicted octanol–water partition coefficient (Wildman–Crippen LogP) is 3.09. The van der Waals surface area contributed by atoms with E-state index in [4.69, 9.17) is 5.11 Å². The van der Waals surface area contributed by atoms with Crippen LogP contribution in [0.4, 0.5) is 0 Å². The summed E-state index contributed by atoms with van der Waals surface area (Å²) in [6, 6.07) is 7.79. The maximum absolute atomic E-state index is 10.9. The van der Waals surface area contributed by atoms with Crippen molar-refractivity contribution >= 4 is 27.4 Å². The Morgan fingerprint density at radius 3 is 2.93 bits per heavy atom. The Morgan fingerprint density at radius 1 is 1.43 bits per heavy atom. The van der Waals surface area contributed by atoms with Gasteiger partial charge in [0.05, 0.1) is 5.92 Å². The van der Waals surface area contributed by atoms with Crippen LogP contribution >= 0.6 is 11.3 Å². The van der Waals surface area contributed by atoms with Crippen molar-refractivity contribution in [1.82, 2.24) is 0 Å². The minimum atomic E-state index is -0.774. The van der Waals surface area contributed by atoms with E-state index in [1.54, 1.807) is 18.3 Å². The molecule has 2 nitrogen and oxygen atoms in total. The van der Waals surface area contributed by atoms with Crippen molar-refractivity contribution in [3.8, 4) is 0 Å². The normalized spacial score (nSPS) is 12.9. The van der Waals surface area contributed by atoms with Crippen LogP contribution in [0.15, 0.2) is 29.6 Å². The molecule has 72 valence electrons. The minimum Gasteiger partial charge on any atom is -0.481 e. The van der Waals surface area contributed by atoms with Gasteiger partial charge < -0.3 is 5.11 Å². The summed E-state index contributed by atoms with van der Waals surface area (Å²) in [6.45, 7) is 1.72. The first-order chi connectivity index (χ1) is 6.70. The molecule has 0 saturated carbocycles. The molecule has 1 atom stereocenters. The van der Waals surface area contributed by atoms with Crippen molar-refractivity contribution in [2.75, 3.05) is 0 Å². The van der Waals surface area contributed by atoms with E-state index in [0.29, 0.717) is 0 Å². The first-order valence-corrected chi connectivity index (χ1v) is 5.27. The fourth-order valence-corrected chi connectivity index (χ4v) is 2.35. The van der Waals surface area contributed by atoms with Gasteiger partial charge in [0.2, 0.25) is 0 Å². The standard InChI is InChI=1S/C11H10O2S/c1-7(11(12)13)8-3-2-4-10-9(8)5-6-14-10/h2-7H,1H3,(H,12,13)/t7-/m1/s1. The largest absolute Gasteiger partial charge is 0.481 e. The molecule has 0 aliphatic rings. The number of hydrogen-bond acceptors (Lipinski definition) is 2. The van der Waals surface area contributed by atoms with Crippen molar-refractivity contribution in [1.29, 1.82) is 0 Å². The highest BCUT2D eigenvalue weighted by molar-refractivity contribution is 7.17. The number of aliphatic carboxylic acids is 1. The summed E-state index contributed by atoms with van der Waals surface area (Å²) in [4.78, 5) is 10.9. The summed E-state index contributed by atoms with van der Waals surface area (Å²) in [7, 11) is 0. The maximum Gasteiger partial charge on any atom is 0.310 e. The molecule has 1 aromatic carbocycles. The third-order valence-corrected chi connectivity index (χ3v) is 3.25. The zero-order valence-corrected chi connectivity index (χ0v) is 8.54. The van der Waals surface area contributed by atoms with Crippen molar-refractivity contribution in [3.05, 3.63) is 35.2 Å². The zero-order chi connectivity index (χ0) is 10.1. The summed E-state index contributed by atoms with van der Waals surface area (Å²) < 4.78 is 1.15. The van der Waals surface area contributed by atoms with E-state index < -0.39 is 11.9 Å². The lowest BCUT2D eigenvalue weighted by molar-refractivity contribution is -0.138. The van der Waals surface area contributed by atoms with Gasteiger partial charge in [-0.2, -0.15) is 0 Å². The Bertz CT molecular complexity index is 473. The molecule has 0 saturated heterocycles. The van der Waals surface area contributed by atoms with Crippen LogP contribution < -0.4 is 0 Å². The summed E-state index contributed by atoms with van der Waals surface area (Å²) in [5, 5.41) is 12.0. The van der Waals surface area contributed by atoms with Crippen LogP contribution in [0.3, 0.4) is 0 Å². The Morgan fingerprint density at radius 2 is 2.21 bits per heavy atom. The molecule has 0 spiro atoms. The van der Waals surface area contributed by atoms with Gasteiger partial charge in [0, 0.05) is 4.70 Å². The maximum atomic E-state index is 10.9. The van der Waals surface area contributed by atoms with E-state index in [1.807, 2.05) is 29.6 Å². The van der Waals surface area contributed by atoms with Crippen LogP contribution in [0.5, 0.6) is 0 Å². The van der Waals surface area contributed by atoms with Crippen LogP contribution in [-0.4, -0.2) is 11.1 Å². The monoisotopic (exact) mass is 206 g/mol. The minimum absolute atomic E-state index is 0.437. The van der Waals surface area contributed by atoms with E-state index in [0.717, 1.165) is 15.6 Å². The van der Waals surface area contributed by atoms with Crippen molar-refractivity contribution < 1.29 is 9.90 Å². The number of benzene rings is 1. The summed E-state index contributed by atoms with van der Waals surface area (Å²) in [5.74, 6) is -1.21. The quantitative estimate of drug-likeness (QED) is 0.819. The lowest BCUT2D eigenvalue weighted by Gasteiger charge is -2.07. The van der Waals surface area contributed by atoms with E-state index in [2.05, 4.69) is 0 Å². The molecule has 0 unspecified atom stereocenters. The summed E-state index contributed by atoms with van der Waals surface area (Å²) >= 11 is 1.64. The molecular formula is C11H10O2S. The number of carboxylic acid groups (broad SMARTS) is 1. The van der Waals surface area contributed by atoms with Crippen LogP contribution in [0.25, 0.3) is 10.1 Å². The topological polar surface area (TPSA) is 37.3 Å². The first-order valence-electron chi connectivity index (χ1n) is 4.39. The molecule has 1 N–H and O–H groups in total. The summed E-state index contributed by atoms with van der Waals surface area (Å²) in [5.41, 5.74) is 0.899. The third kappa shape index (κ3) is 1.40. The second kappa shape index (κ2) is 3.42.